The van der Waals surface area contributed by atoms with Gasteiger partial charge in [0.1, 0.15) is 5.82 Å². The van der Waals surface area contributed by atoms with Crippen LogP contribution in [-0.2, 0) is 6.42 Å². The van der Waals surface area contributed by atoms with Crippen molar-refractivity contribution in [2.75, 3.05) is 0 Å². The van der Waals surface area contributed by atoms with Gasteiger partial charge in [0.2, 0.25) is 0 Å². The standard InChI is InChI=1S/C16H17ClFN/c1-11(12-6-3-2-4-7-12)16(19)10-13-14(17)8-5-9-15(13)18/h2-9,11,16H,10,19H2,1H3. The van der Waals surface area contributed by atoms with E-state index >= 15 is 0 Å². The van der Waals surface area contributed by atoms with E-state index < -0.39 is 0 Å². The minimum Gasteiger partial charge on any atom is -0.327 e. The van der Waals surface area contributed by atoms with Crippen molar-refractivity contribution in [1.29, 1.82) is 0 Å². The lowest BCUT2D eigenvalue weighted by Gasteiger charge is -2.21. The first-order chi connectivity index (χ1) is 9.09. The van der Waals surface area contributed by atoms with Crippen molar-refractivity contribution in [2.24, 2.45) is 5.73 Å². The van der Waals surface area contributed by atoms with Gasteiger partial charge in [-0.15, -0.1) is 0 Å². The van der Waals surface area contributed by atoms with Crippen molar-refractivity contribution in [2.45, 2.75) is 25.3 Å². The molecule has 2 rings (SSSR count). The maximum atomic E-state index is 13.7. The van der Waals surface area contributed by atoms with Crippen LogP contribution in [-0.4, -0.2) is 6.04 Å². The van der Waals surface area contributed by atoms with E-state index in [1.165, 1.54) is 6.07 Å². The molecule has 0 fully saturated rings. The molecule has 100 valence electrons. The van der Waals surface area contributed by atoms with Gasteiger partial charge in [0.15, 0.2) is 0 Å². The van der Waals surface area contributed by atoms with E-state index in [1.54, 1.807) is 12.1 Å². The highest BCUT2D eigenvalue weighted by molar-refractivity contribution is 6.31. The van der Waals surface area contributed by atoms with E-state index in [1.807, 2.05) is 30.3 Å². The van der Waals surface area contributed by atoms with Gasteiger partial charge in [0, 0.05) is 16.6 Å². The lowest BCUT2D eigenvalue weighted by molar-refractivity contribution is 0.539. The molecule has 2 unspecified atom stereocenters. The van der Waals surface area contributed by atoms with Gasteiger partial charge in [-0.25, -0.2) is 4.39 Å². The largest absolute Gasteiger partial charge is 0.327 e. The number of hydrogen-bond acceptors (Lipinski definition) is 1. The summed E-state index contributed by atoms with van der Waals surface area (Å²) in [5, 5.41) is 0.440. The van der Waals surface area contributed by atoms with Crippen molar-refractivity contribution in [1.82, 2.24) is 0 Å². The molecule has 0 radical (unpaired) electrons. The molecule has 2 aromatic rings. The molecule has 3 heteroatoms. The van der Waals surface area contributed by atoms with Gasteiger partial charge in [0.05, 0.1) is 0 Å². The third kappa shape index (κ3) is 3.34. The highest BCUT2D eigenvalue weighted by atomic mass is 35.5. The van der Waals surface area contributed by atoms with E-state index in [-0.39, 0.29) is 17.8 Å². The van der Waals surface area contributed by atoms with Crippen LogP contribution in [0.1, 0.15) is 24.0 Å². The van der Waals surface area contributed by atoms with Gasteiger partial charge in [0.25, 0.3) is 0 Å². The Kier molecular flexibility index (Phi) is 4.56. The number of halogens is 2. The smallest absolute Gasteiger partial charge is 0.127 e. The summed E-state index contributed by atoms with van der Waals surface area (Å²) in [6.45, 7) is 2.05. The summed E-state index contributed by atoms with van der Waals surface area (Å²) in [6, 6.07) is 14.5. The number of benzene rings is 2. The number of hydrogen-bond donors (Lipinski definition) is 1. The fourth-order valence-corrected chi connectivity index (χ4v) is 2.38. The fourth-order valence-electron chi connectivity index (χ4n) is 2.14. The Bertz CT molecular complexity index is 521. The molecule has 0 amide bonds. The van der Waals surface area contributed by atoms with E-state index in [9.17, 15) is 4.39 Å². The average molecular weight is 278 g/mol. The SMILES string of the molecule is CC(c1ccccc1)C(N)Cc1c(F)cccc1Cl. The molecule has 0 aromatic heterocycles. The Morgan fingerprint density at radius 1 is 1.11 bits per heavy atom. The van der Waals surface area contributed by atoms with E-state index in [2.05, 4.69) is 6.92 Å². The molecule has 0 aliphatic heterocycles. The van der Waals surface area contributed by atoms with Gasteiger partial charge >= 0.3 is 0 Å². The highest BCUT2D eigenvalue weighted by Crippen LogP contribution is 2.25. The Morgan fingerprint density at radius 2 is 1.79 bits per heavy atom. The zero-order valence-electron chi connectivity index (χ0n) is 10.8. The molecule has 19 heavy (non-hydrogen) atoms. The van der Waals surface area contributed by atoms with Crippen molar-refractivity contribution in [3.8, 4) is 0 Å². The van der Waals surface area contributed by atoms with Crippen LogP contribution < -0.4 is 5.73 Å². The summed E-state index contributed by atoms with van der Waals surface area (Å²) in [7, 11) is 0. The molecular formula is C16H17ClFN. The van der Waals surface area contributed by atoms with Crippen LogP contribution in [0.3, 0.4) is 0 Å². The minimum absolute atomic E-state index is 0.150. The molecule has 0 aliphatic rings. The topological polar surface area (TPSA) is 26.0 Å². The second kappa shape index (κ2) is 6.18. The summed E-state index contributed by atoms with van der Waals surface area (Å²) >= 11 is 6.03. The zero-order valence-corrected chi connectivity index (χ0v) is 11.6. The molecule has 0 heterocycles. The minimum atomic E-state index is -0.289. The molecule has 2 aromatic carbocycles. The average Bonchev–Trinajstić information content (AvgIpc) is 2.43. The molecule has 1 nitrogen and oxygen atoms in total. The van der Waals surface area contributed by atoms with Crippen molar-refractivity contribution in [3.05, 3.63) is 70.5 Å². The lowest BCUT2D eigenvalue weighted by atomic mass is 9.89. The molecule has 2 N–H and O–H groups in total. The lowest BCUT2D eigenvalue weighted by Crippen LogP contribution is -2.29. The second-order valence-electron chi connectivity index (χ2n) is 4.77. The van der Waals surface area contributed by atoms with Crippen molar-refractivity contribution in [3.63, 3.8) is 0 Å². The zero-order chi connectivity index (χ0) is 13.8. The number of rotatable bonds is 4. The maximum Gasteiger partial charge on any atom is 0.127 e. The number of nitrogens with two attached hydrogens (primary N) is 1. The molecule has 0 spiro atoms. The molecule has 0 aliphatic carbocycles. The predicted octanol–water partition coefficient (Wildman–Crippen LogP) is 4.15. The maximum absolute atomic E-state index is 13.7. The fraction of sp³-hybridized carbons (Fsp3) is 0.250. The van der Waals surface area contributed by atoms with Crippen LogP contribution in [0.4, 0.5) is 4.39 Å². The Hall–Kier alpha value is -1.38. The van der Waals surface area contributed by atoms with Gasteiger partial charge < -0.3 is 5.73 Å². The van der Waals surface area contributed by atoms with Crippen LogP contribution in [0.2, 0.25) is 5.02 Å². The third-order valence-electron chi connectivity index (χ3n) is 3.47. The molecule has 0 saturated carbocycles. The summed E-state index contributed by atoms with van der Waals surface area (Å²) in [5.41, 5.74) is 7.85. The molecular weight excluding hydrogens is 261 g/mol. The first-order valence-electron chi connectivity index (χ1n) is 6.33. The Morgan fingerprint density at radius 3 is 2.42 bits per heavy atom. The van der Waals surface area contributed by atoms with E-state index in [4.69, 9.17) is 17.3 Å². The Balaban J connectivity index is 2.15. The van der Waals surface area contributed by atoms with Gasteiger partial charge in [-0.1, -0.05) is 54.9 Å². The summed E-state index contributed by atoms with van der Waals surface area (Å²) < 4.78 is 13.7. The third-order valence-corrected chi connectivity index (χ3v) is 3.82. The van der Waals surface area contributed by atoms with Crippen molar-refractivity contribution < 1.29 is 4.39 Å². The first kappa shape index (κ1) is 14.0. The van der Waals surface area contributed by atoms with Gasteiger partial charge in [-0.2, -0.15) is 0 Å². The highest BCUT2D eigenvalue weighted by Gasteiger charge is 2.18. The van der Waals surface area contributed by atoms with E-state index in [0.29, 0.717) is 17.0 Å². The van der Waals surface area contributed by atoms with Gasteiger partial charge in [-0.3, -0.25) is 0 Å². The van der Waals surface area contributed by atoms with Crippen LogP contribution in [0.5, 0.6) is 0 Å². The quantitative estimate of drug-likeness (QED) is 0.892. The predicted molar refractivity (Wildman–Crippen MR) is 77.9 cm³/mol. The summed E-state index contributed by atoms with van der Waals surface area (Å²) in [6.07, 6.45) is 0.432. The van der Waals surface area contributed by atoms with Crippen LogP contribution in [0.15, 0.2) is 48.5 Å². The van der Waals surface area contributed by atoms with E-state index in [0.717, 1.165) is 5.56 Å². The normalized spacial score (nSPS) is 14.1. The monoisotopic (exact) mass is 277 g/mol. The first-order valence-corrected chi connectivity index (χ1v) is 6.71. The van der Waals surface area contributed by atoms with Crippen LogP contribution in [0.25, 0.3) is 0 Å². The molecule has 0 bridgehead atoms. The van der Waals surface area contributed by atoms with Gasteiger partial charge in [-0.05, 0) is 30.0 Å². The second-order valence-corrected chi connectivity index (χ2v) is 5.17. The summed E-state index contributed by atoms with van der Waals surface area (Å²) in [4.78, 5) is 0. The molecule has 0 saturated heterocycles. The molecule has 2 atom stereocenters. The summed E-state index contributed by atoms with van der Waals surface area (Å²) in [5.74, 6) is -0.139. The van der Waals surface area contributed by atoms with Crippen molar-refractivity contribution >= 4 is 11.6 Å². The van der Waals surface area contributed by atoms with Crippen LogP contribution in [0, 0.1) is 5.82 Å². The van der Waals surface area contributed by atoms with Crippen LogP contribution >= 0.6 is 11.6 Å². The Labute approximate surface area is 118 Å².